The number of imide groups is 1. The largest absolute Gasteiger partial charge is 0.269 e. The number of carbonyl (C=O) groups excluding carboxylic acids is 2. The van der Waals surface area contributed by atoms with E-state index in [1.165, 1.54) is 0 Å². The first-order valence-electron chi connectivity index (χ1n) is 5.11. The second-order valence-electron chi connectivity index (χ2n) is 4.93. The molecule has 1 heterocycles. The SMILES string of the molecule is CC(C)(C)N1C(=O)c2cc(F)c(F)cc2C1=O. The van der Waals surface area contributed by atoms with E-state index in [-0.39, 0.29) is 11.1 Å². The van der Waals surface area contributed by atoms with Gasteiger partial charge in [0.2, 0.25) is 0 Å². The van der Waals surface area contributed by atoms with E-state index < -0.39 is 29.0 Å². The Bertz CT molecular complexity index is 491. The molecule has 0 saturated carbocycles. The van der Waals surface area contributed by atoms with Gasteiger partial charge in [0, 0.05) is 5.54 Å². The van der Waals surface area contributed by atoms with Crippen LogP contribution in [0.2, 0.25) is 0 Å². The zero-order valence-corrected chi connectivity index (χ0v) is 9.67. The second-order valence-corrected chi connectivity index (χ2v) is 4.93. The Kier molecular flexibility index (Phi) is 2.31. The predicted octanol–water partition coefficient (Wildman–Crippen LogP) is 2.36. The third-order valence-corrected chi connectivity index (χ3v) is 2.60. The summed E-state index contributed by atoms with van der Waals surface area (Å²) in [6.07, 6.45) is 0. The Morgan fingerprint density at radius 3 is 1.59 bits per heavy atom. The quantitative estimate of drug-likeness (QED) is 0.652. The summed E-state index contributed by atoms with van der Waals surface area (Å²) in [4.78, 5) is 24.9. The van der Waals surface area contributed by atoms with Crippen LogP contribution in [0, 0.1) is 11.6 Å². The van der Waals surface area contributed by atoms with Gasteiger partial charge in [-0.1, -0.05) is 0 Å². The number of hydrogen-bond acceptors (Lipinski definition) is 2. The van der Waals surface area contributed by atoms with Crippen LogP contribution in [-0.4, -0.2) is 22.3 Å². The molecule has 0 aromatic heterocycles. The molecule has 3 nitrogen and oxygen atoms in total. The molecule has 0 N–H and O–H groups in total. The first-order chi connectivity index (χ1) is 7.73. The minimum Gasteiger partial charge on any atom is -0.269 e. The van der Waals surface area contributed by atoms with Crippen LogP contribution in [0.1, 0.15) is 41.5 Å². The zero-order chi connectivity index (χ0) is 13.0. The molecule has 17 heavy (non-hydrogen) atoms. The van der Waals surface area contributed by atoms with Crippen LogP contribution in [0.4, 0.5) is 8.78 Å². The highest BCUT2D eigenvalue weighted by Crippen LogP contribution is 2.30. The lowest BCUT2D eigenvalue weighted by Crippen LogP contribution is -2.45. The van der Waals surface area contributed by atoms with E-state index in [4.69, 9.17) is 0 Å². The van der Waals surface area contributed by atoms with Gasteiger partial charge in [0.1, 0.15) is 0 Å². The molecule has 0 saturated heterocycles. The van der Waals surface area contributed by atoms with Gasteiger partial charge in [-0.25, -0.2) is 8.78 Å². The Balaban J connectivity index is 2.61. The third kappa shape index (κ3) is 1.62. The van der Waals surface area contributed by atoms with Crippen molar-refractivity contribution in [3.63, 3.8) is 0 Å². The maximum absolute atomic E-state index is 13.0. The number of benzene rings is 1. The Morgan fingerprint density at radius 1 is 0.941 bits per heavy atom. The zero-order valence-electron chi connectivity index (χ0n) is 9.67. The van der Waals surface area contributed by atoms with E-state index >= 15 is 0 Å². The average molecular weight is 239 g/mol. The number of amides is 2. The van der Waals surface area contributed by atoms with Crippen molar-refractivity contribution >= 4 is 11.8 Å². The summed E-state index contributed by atoms with van der Waals surface area (Å²) >= 11 is 0. The van der Waals surface area contributed by atoms with Crippen molar-refractivity contribution in [3.05, 3.63) is 34.9 Å². The number of nitrogens with zero attached hydrogens (tertiary/aromatic N) is 1. The van der Waals surface area contributed by atoms with Gasteiger partial charge in [-0.2, -0.15) is 0 Å². The maximum atomic E-state index is 13.0. The van der Waals surface area contributed by atoms with Gasteiger partial charge in [-0.15, -0.1) is 0 Å². The highest BCUT2D eigenvalue weighted by atomic mass is 19.2. The number of carbonyl (C=O) groups is 2. The van der Waals surface area contributed by atoms with Gasteiger partial charge >= 0.3 is 0 Å². The fourth-order valence-corrected chi connectivity index (χ4v) is 1.84. The van der Waals surface area contributed by atoms with Gasteiger partial charge in [0.05, 0.1) is 11.1 Å². The van der Waals surface area contributed by atoms with Gasteiger partial charge in [-0.3, -0.25) is 14.5 Å². The lowest BCUT2D eigenvalue weighted by Gasteiger charge is -2.29. The summed E-state index contributed by atoms with van der Waals surface area (Å²) in [5.41, 5.74) is -0.882. The lowest BCUT2D eigenvalue weighted by atomic mass is 10.1. The van der Waals surface area contributed by atoms with Gasteiger partial charge in [0.25, 0.3) is 11.8 Å². The highest BCUT2D eigenvalue weighted by Gasteiger charge is 2.42. The maximum Gasteiger partial charge on any atom is 0.262 e. The van der Waals surface area contributed by atoms with Crippen molar-refractivity contribution in [2.45, 2.75) is 26.3 Å². The fraction of sp³-hybridized carbons (Fsp3) is 0.333. The summed E-state index contributed by atoms with van der Waals surface area (Å²) < 4.78 is 26.1. The van der Waals surface area contributed by atoms with Crippen LogP contribution < -0.4 is 0 Å². The molecule has 0 bridgehead atoms. The molecule has 2 amide bonds. The third-order valence-electron chi connectivity index (χ3n) is 2.60. The first kappa shape index (κ1) is 11.7. The minimum absolute atomic E-state index is 0.0798. The van der Waals surface area contributed by atoms with E-state index in [0.29, 0.717) is 0 Å². The van der Waals surface area contributed by atoms with Gasteiger partial charge in [0.15, 0.2) is 11.6 Å². The number of fused-ring (bicyclic) bond motifs is 1. The molecule has 0 unspecified atom stereocenters. The molecule has 1 aromatic rings. The number of rotatable bonds is 0. The van der Waals surface area contributed by atoms with Crippen molar-refractivity contribution < 1.29 is 18.4 Å². The molecule has 1 aliphatic rings. The van der Waals surface area contributed by atoms with Crippen molar-refractivity contribution in [1.82, 2.24) is 4.90 Å². The molecule has 0 spiro atoms. The first-order valence-corrected chi connectivity index (χ1v) is 5.11. The fourth-order valence-electron chi connectivity index (χ4n) is 1.84. The molecule has 0 radical (unpaired) electrons. The summed E-state index contributed by atoms with van der Waals surface area (Å²) in [6, 6.07) is 1.55. The molecule has 2 rings (SSSR count). The highest BCUT2D eigenvalue weighted by molar-refractivity contribution is 6.21. The van der Waals surface area contributed by atoms with Crippen LogP contribution in [0.25, 0.3) is 0 Å². The van der Waals surface area contributed by atoms with E-state index in [1.807, 2.05) is 0 Å². The van der Waals surface area contributed by atoms with Crippen molar-refractivity contribution in [3.8, 4) is 0 Å². The topological polar surface area (TPSA) is 37.4 Å². The van der Waals surface area contributed by atoms with Crippen molar-refractivity contribution in [2.75, 3.05) is 0 Å². The van der Waals surface area contributed by atoms with E-state index in [1.54, 1.807) is 20.8 Å². The molecule has 0 fully saturated rings. The molecular weight excluding hydrogens is 228 g/mol. The average Bonchev–Trinajstić information content (AvgIpc) is 2.40. The lowest BCUT2D eigenvalue weighted by molar-refractivity contribution is 0.0507. The van der Waals surface area contributed by atoms with Crippen LogP contribution >= 0.6 is 0 Å². The Hall–Kier alpha value is -1.78. The van der Waals surface area contributed by atoms with E-state index in [9.17, 15) is 18.4 Å². The second kappa shape index (κ2) is 3.35. The molecule has 1 aliphatic heterocycles. The van der Waals surface area contributed by atoms with Gasteiger partial charge < -0.3 is 0 Å². The minimum atomic E-state index is -1.12. The Morgan fingerprint density at radius 2 is 1.29 bits per heavy atom. The molecular formula is C12H11F2NO2. The summed E-state index contributed by atoms with van der Waals surface area (Å²) in [5.74, 6) is -3.42. The summed E-state index contributed by atoms with van der Waals surface area (Å²) in [5, 5.41) is 0. The molecule has 90 valence electrons. The molecule has 0 atom stereocenters. The van der Waals surface area contributed by atoms with Crippen LogP contribution in [0.5, 0.6) is 0 Å². The number of halogens is 2. The van der Waals surface area contributed by atoms with E-state index in [2.05, 4.69) is 0 Å². The molecule has 0 aliphatic carbocycles. The standard InChI is InChI=1S/C12H11F2NO2/c1-12(2,3)15-10(16)6-4-8(13)9(14)5-7(6)11(15)17/h4-5H,1-3H3. The summed E-state index contributed by atoms with van der Waals surface area (Å²) in [7, 11) is 0. The monoisotopic (exact) mass is 239 g/mol. The molecule has 5 heteroatoms. The Labute approximate surface area is 97.0 Å². The summed E-state index contributed by atoms with van der Waals surface area (Å²) in [6.45, 7) is 5.05. The van der Waals surface area contributed by atoms with E-state index in [0.717, 1.165) is 17.0 Å². The van der Waals surface area contributed by atoms with Crippen molar-refractivity contribution in [2.24, 2.45) is 0 Å². The van der Waals surface area contributed by atoms with Crippen LogP contribution in [0.15, 0.2) is 12.1 Å². The van der Waals surface area contributed by atoms with Crippen molar-refractivity contribution in [1.29, 1.82) is 0 Å². The number of hydrogen-bond donors (Lipinski definition) is 0. The normalized spacial score (nSPS) is 15.5. The smallest absolute Gasteiger partial charge is 0.262 e. The predicted molar refractivity (Wildman–Crippen MR) is 56.6 cm³/mol. The molecule has 1 aromatic carbocycles. The van der Waals surface area contributed by atoms with Crippen LogP contribution in [-0.2, 0) is 0 Å². The van der Waals surface area contributed by atoms with Gasteiger partial charge in [-0.05, 0) is 32.9 Å². The van der Waals surface area contributed by atoms with Crippen LogP contribution in [0.3, 0.4) is 0 Å².